The second-order valence-electron chi connectivity index (χ2n) is 4.68. The summed E-state index contributed by atoms with van der Waals surface area (Å²) in [4.78, 5) is 23.3. The molecule has 2 bridgehead atoms. The van der Waals surface area contributed by atoms with E-state index < -0.39 is 11.8 Å². The minimum Gasteiger partial charge on any atom is -0.366 e. The van der Waals surface area contributed by atoms with E-state index in [1.807, 2.05) is 24.3 Å². The summed E-state index contributed by atoms with van der Waals surface area (Å²) in [5.74, 6) is -0.995. The molecule has 1 aliphatic carbocycles. The molecule has 4 N–H and O–H groups in total. The van der Waals surface area contributed by atoms with Crippen molar-refractivity contribution in [2.75, 3.05) is 0 Å². The summed E-state index contributed by atoms with van der Waals surface area (Å²) in [6.07, 6.45) is 0. The van der Waals surface area contributed by atoms with Crippen LogP contribution in [-0.4, -0.2) is 11.8 Å². The standard InChI is InChI=1S/C15H12N2O2/c1-7-5-10(14(16)18)12-8-3-2-4-9(6-8)13(12)11(7)15(17)19/h2-6H,1H3,(H2,16,18)(H2,17,19). The van der Waals surface area contributed by atoms with Gasteiger partial charge in [-0.15, -0.1) is 0 Å². The summed E-state index contributed by atoms with van der Waals surface area (Å²) in [6.45, 7) is 1.76. The van der Waals surface area contributed by atoms with E-state index >= 15 is 0 Å². The number of carbonyl (C=O) groups excluding carboxylic acids is 2. The Bertz CT molecular complexity index is 748. The lowest BCUT2D eigenvalue weighted by atomic mass is 9.90. The third kappa shape index (κ3) is 1.46. The number of hydrogen-bond acceptors (Lipinski definition) is 2. The van der Waals surface area contributed by atoms with Crippen LogP contribution in [0, 0.1) is 6.92 Å². The van der Waals surface area contributed by atoms with Crippen molar-refractivity contribution < 1.29 is 9.59 Å². The smallest absolute Gasteiger partial charge is 0.249 e. The van der Waals surface area contributed by atoms with Crippen LogP contribution in [0.5, 0.6) is 0 Å². The first-order valence-electron chi connectivity index (χ1n) is 5.88. The van der Waals surface area contributed by atoms with E-state index in [1.165, 1.54) is 0 Å². The number of carbonyl (C=O) groups is 2. The lowest BCUT2D eigenvalue weighted by molar-refractivity contribution is 0.0988. The van der Waals surface area contributed by atoms with Gasteiger partial charge in [-0.1, -0.05) is 18.2 Å². The monoisotopic (exact) mass is 252 g/mol. The van der Waals surface area contributed by atoms with E-state index in [4.69, 9.17) is 11.5 Å². The van der Waals surface area contributed by atoms with Crippen molar-refractivity contribution in [1.82, 2.24) is 0 Å². The van der Waals surface area contributed by atoms with Gasteiger partial charge in [0.2, 0.25) is 11.8 Å². The van der Waals surface area contributed by atoms with Crippen LogP contribution >= 0.6 is 0 Å². The molecule has 0 unspecified atom stereocenters. The van der Waals surface area contributed by atoms with Crippen LogP contribution in [0.3, 0.4) is 0 Å². The molecule has 0 radical (unpaired) electrons. The second kappa shape index (κ2) is 3.68. The molecule has 0 heterocycles. The number of aryl methyl sites for hydroxylation is 1. The number of hydrogen-bond donors (Lipinski definition) is 2. The van der Waals surface area contributed by atoms with Gasteiger partial charge in [0, 0.05) is 16.7 Å². The fraction of sp³-hybridized carbons (Fsp3) is 0.0667. The molecule has 4 nitrogen and oxygen atoms in total. The zero-order chi connectivity index (χ0) is 13.7. The minimum absolute atomic E-state index is 0.429. The first kappa shape index (κ1) is 11.5. The Morgan fingerprint density at radius 3 is 2.16 bits per heavy atom. The van der Waals surface area contributed by atoms with Crippen molar-refractivity contribution in [3.63, 3.8) is 0 Å². The second-order valence-corrected chi connectivity index (χ2v) is 4.68. The highest BCUT2D eigenvalue weighted by Gasteiger charge is 2.27. The van der Waals surface area contributed by atoms with E-state index in [2.05, 4.69) is 0 Å². The van der Waals surface area contributed by atoms with E-state index in [0.717, 1.165) is 16.7 Å². The Balaban J connectivity index is 2.49. The molecule has 0 aliphatic heterocycles. The molecule has 19 heavy (non-hydrogen) atoms. The largest absolute Gasteiger partial charge is 0.366 e. The van der Waals surface area contributed by atoms with Crippen LogP contribution in [0.2, 0.25) is 0 Å². The fourth-order valence-corrected chi connectivity index (χ4v) is 2.75. The summed E-state index contributed by atoms with van der Waals surface area (Å²) in [7, 11) is 0. The predicted molar refractivity (Wildman–Crippen MR) is 72.6 cm³/mol. The molecule has 1 aliphatic rings. The molecule has 2 aromatic rings. The Morgan fingerprint density at radius 2 is 1.58 bits per heavy atom. The number of fused-ring (bicyclic) bond motifs is 5. The molecule has 3 rings (SSSR count). The molecule has 2 amide bonds. The topological polar surface area (TPSA) is 86.2 Å². The molecule has 94 valence electrons. The number of amides is 2. The molecule has 0 atom stereocenters. The van der Waals surface area contributed by atoms with Crippen LogP contribution in [0.1, 0.15) is 26.3 Å². The van der Waals surface area contributed by atoms with Crippen LogP contribution in [0.25, 0.3) is 22.3 Å². The highest BCUT2D eigenvalue weighted by Crippen LogP contribution is 2.45. The van der Waals surface area contributed by atoms with Crippen molar-refractivity contribution >= 4 is 11.8 Å². The maximum Gasteiger partial charge on any atom is 0.249 e. The van der Waals surface area contributed by atoms with Crippen LogP contribution in [0.15, 0.2) is 30.3 Å². The van der Waals surface area contributed by atoms with Gasteiger partial charge >= 0.3 is 0 Å². The molecule has 0 fully saturated rings. The molecule has 0 spiro atoms. The SMILES string of the molecule is Cc1cc(C(N)=O)c2c(c1C(N)=O)-c1cccc-2c1. The highest BCUT2D eigenvalue weighted by atomic mass is 16.1. The lowest BCUT2D eigenvalue weighted by Gasteiger charge is -2.13. The number of primary amides is 2. The third-order valence-electron chi connectivity index (χ3n) is 3.48. The van der Waals surface area contributed by atoms with Crippen molar-refractivity contribution in [2.24, 2.45) is 11.5 Å². The van der Waals surface area contributed by atoms with Gasteiger partial charge in [0.15, 0.2) is 0 Å². The van der Waals surface area contributed by atoms with Crippen LogP contribution in [0.4, 0.5) is 0 Å². The molecule has 2 aromatic carbocycles. The summed E-state index contributed by atoms with van der Waals surface area (Å²) >= 11 is 0. The van der Waals surface area contributed by atoms with Gasteiger partial charge in [0.05, 0.1) is 5.56 Å². The number of benzene rings is 2. The van der Waals surface area contributed by atoms with Crippen molar-refractivity contribution in [1.29, 1.82) is 0 Å². The molecular weight excluding hydrogens is 240 g/mol. The zero-order valence-electron chi connectivity index (χ0n) is 10.4. The predicted octanol–water partition coefficient (Wildman–Crippen LogP) is 1.84. The van der Waals surface area contributed by atoms with Gasteiger partial charge in [-0.25, -0.2) is 0 Å². The Morgan fingerprint density at radius 1 is 0.947 bits per heavy atom. The molecule has 0 saturated heterocycles. The first-order chi connectivity index (χ1) is 9.00. The quantitative estimate of drug-likeness (QED) is 0.729. The van der Waals surface area contributed by atoms with E-state index in [1.54, 1.807) is 13.0 Å². The normalized spacial score (nSPS) is 11.2. The molecule has 4 heteroatoms. The Kier molecular flexibility index (Phi) is 2.22. The molecule has 0 saturated carbocycles. The summed E-state index contributed by atoms with van der Waals surface area (Å²) in [5.41, 5.74) is 15.7. The van der Waals surface area contributed by atoms with Gasteiger partial charge in [-0.2, -0.15) is 0 Å². The van der Waals surface area contributed by atoms with Gasteiger partial charge < -0.3 is 11.5 Å². The van der Waals surface area contributed by atoms with Crippen LogP contribution in [-0.2, 0) is 0 Å². The molecular formula is C15H12N2O2. The van der Waals surface area contributed by atoms with Gasteiger partial charge in [0.25, 0.3) is 0 Å². The number of rotatable bonds is 2. The van der Waals surface area contributed by atoms with Crippen molar-refractivity contribution in [2.45, 2.75) is 6.92 Å². The van der Waals surface area contributed by atoms with E-state index in [9.17, 15) is 9.59 Å². The molecule has 0 aromatic heterocycles. The van der Waals surface area contributed by atoms with Gasteiger partial charge in [0.1, 0.15) is 0 Å². The van der Waals surface area contributed by atoms with Gasteiger partial charge in [-0.05, 0) is 35.7 Å². The average Bonchev–Trinajstić information content (AvgIpc) is 2.60. The minimum atomic E-state index is -0.502. The first-order valence-corrected chi connectivity index (χ1v) is 5.88. The van der Waals surface area contributed by atoms with Crippen molar-refractivity contribution in [3.8, 4) is 22.3 Å². The third-order valence-corrected chi connectivity index (χ3v) is 3.48. The fourth-order valence-electron chi connectivity index (χ4n) is 2.75. The van der Waals surface area contributed by atoms with Gasteiger partial charge in [-0.3, -0.25) is 9.59 Å². The summed E-state index contributed by atoms with van der Waals surface area (Å²) < 4.78 is 0. The Labute approximate surface area is 110 Å². The van der Waals surface area contributed by atoms with Crippen molar-refractivity contribution in [3.05, 3.63) is 47.0 Å². The average molecular weight is 252 g/mol. The van der Waals surface area contributed by atoms with Crippen LogP contribution < -0.4 is 11.5 Å². The lowest BCUT2D eigenvalue weighted by Crippen LogP contribution is -2.18. The van der Waals surface area contributed by atoms with E-state index in [0.29, 0.717) is 22.3 Å². The number of nitrogens with two attached hydrogens (primary N) is 2. The van der Waals surface area contributed by atoms with E-state index in [-0.39, 0.29) is 0 Å². The maximum atomic E-state index is 11.7. The summed E-state index contributed by atoms with van der Waals surface area (Å²) in [5, 5.41) is 0. The Hall–Kier alpha value is -2.62. The zero-order valence-corrected chi connectivity index (χ0v) is 10.4. The summed E-state index contributed by atoms with van der Waals surface area (Å²) in [6, 6.07) is 9.24. The highest BCUT2D eigenvalue weighted by molar-refractivity contribution is 6.13. The maximum absolute atomic E-state index is 11.7.